The lowest BCUT2D eigenvalue weighted by atomic mass is 9.97. The van der Waals surface area contributed by atoms with E-state index in [-0.39, 0.29) is 18.0 Å². The highest BCUT2D eigenvalue weighted by Crippen LogP contribution is 2.27. The molecule has 2 fully saturated rings. The van der Waals surface area contributed by atoms with Crippen LogP contribution in [0.15, 0.2) is 42.5 Å². The fourth-order valence-electron chi connectivity index (χ4n) is 4.98. The summed E-state index contributed by atoms with van der Waals surface area (Å²) in [5.41, 5.74) is 0.392. The first-order chi connectivity index (χ1) is 16.7. The van der Waals surface area contributed by atoms with E-state index in [2.05, 4.69) is 4.90 Å². The number of β-amino-alcohol motifs (C(OH)–C–C–N with tert-alkyl or cyclic N) is 1. The molecular weight excluding hydrogens is 450 g/mol. The van der Waals surface area contributed by atoms with E-state index in [0.29, 0.717) is 37.6 Å². The van der Waals surface area contributed by atoms with Gasteiger partial charge in [-0.05, 0) is 93.9 Å². The summed E-state index contributed by atoms with van der Waals surface area (Å²) >= 11 is 0. The Kier molecular flexibility index (Phi) is 8.07. The maximum Gasteiger partial charge on any atom is 0.256 e. The topological polar surface area (TPSA) is 53.0 Å². The highest BCUT2D eigenvalue weighted by atomic mass is 19.1. The molecule has 2 aliphatic rings. The largest absolute Gasteiger partial charge is 0.493 e. The van der Waals surface area contributed by atoms with E-state index in [4.69, 9.17) is 4.74 Å². The van der Waals surface area contributed by atoms with Gasteiger partial charge in [0, 0.05) is 19.6 Å². The third-order valence-corrected chi connectivity index (χ3v) is 6.86. The monoisotopic (exact) mass is 486 g/mol. The van der Waals surface area contributed by atoms with Gasteiger partial charge in [-0.1, -0.05) is 18.2 Å². The third kappa shape index (κ3) is 7.01. The Hall–Kier alpha value is -2.51. The van der Waals surface area contributed by atoms with E-state index in [9.17, 15) is 18.7 Å². The molecule has 1 N–H and O–H groups in total. The average Bonchev–Trinajstić information content (AvgIpc) is 2.82. The Balaban J connectivity index is 1.30. The molecule has 0 saturated carbocycles. The number of benzene rings is 2. The van der Waals surface area contributed by atoms with Crippen molar-refractivity contribution in [1.29, 1.82) is 0 Å². The minimum atomic E-state index is -1.17. The second-order valence-electron chi connectivity index (χ2n) is 10.5. The number of hydrogen-bond acceptors (Lipinski definition) is 4. The first kappa shape index (κ1) is 25.6. The lowest BCUT2D eigenvalue weighted by Gasteiger charge is -2.34. The van der Waals surface area contributed by atoms with Crippen LogP contribution in [-0.2, 0) is 0 Å². The number of carbonyl (C=O) groups is 1. The molecule has 0 bridgehead atoms. The summed E-state index contributed by atoms with van der Waals surface area (Å²) in [5.74, 6) is 0.275. The number of carbonyl (C=O) groups excluding carboxylic acids is 1. The number of amides is 1. The van der Waals surface area contributed by atoms with E-state index in [0.717, 1.165) is 43.7 Å². The van der Waals surface area contributed by atoms with Crippen molar-refractivity contribution in [1.82, 2.24) is 9.80 Å². The van der Waals surface area contributed by atoms with E-state index >= 15 is 0 Å². The quantitative estimate of drug-likeness (QED) is 0.603. The normalized spacial score (nSPS) is 20.1. The first-order valence-electron chi connectivity index (χ1n) is 12.6. The summed E-state index contributed by atoms with van der Waals surface area (Å²) in [4.78, 5) is 16.4. The number of alkyl halides is 1. The Morgan fingerprint density at radius 3 is 2.37 bits per heavy atom. The molecule has 2 heterocycles. The molecule has 190 valence electrons. The van der Waals surface area contributed by atoms with Crippen molar-refractivity contribution in [3.63, 3.8) is 0 Å². The van der Waals surface area contributed by atoms with Crippen LogP contribution in [0.4, 0.5) is 8.78 Å². The number of aliphatic hydroxyl groups excluding tert-OH is 1. The molecule has 7 heteroatoms. The van der Waals surface area contributed by atoms with E-state index < -0.39 is 17.6 Å². The zero-order valence-electron chi connectivity index (χ0n) is 20.7. The highest BCUT2D eigenvalue weighted by molar-refractivity contribution is 5.95. The van der Waals surface area contributed by atoms with Gasteiger partial charge in [-0.15, -0.1) is 0 Å². The maximum absolute atomic E-state index is 14.8. The van der Waals surface area contributed by atoms with E-state index in [1.807, 2.05) is 24.3 Å². The summed E-state index contributed by atoms with van der Waals surface area (Å²) < 4.78 is 34.6. The van der Waals surface area contributed by atoms with Crippen molar-refractivity contribution in [3.8, 4) is 16.9 Å². The molecule has 1 unspecified atom stereocenters. The van der Waals surface area contributed by atoms with Gasteiger partial charge < -0.3 is 19.6 Å². The van der Waals surface area contributed by atoms with Gasteiger partial charge in [0.25, 0.3) is 5.91 Å². The summed E-state index contributed by atoms with van der Waals surface area (Å²) in [7, 11) is 0. The number of hydrogen-bond donors (Lipinski definition) is 1. The van der Waals surface area contributed by atoms with Crippen molar-refractivity contribution in [2.75, 3.05) is 39.3 Å². The van der Waals surface area contributed by atoms with Gasteiger partial charge in [-0.25, -0.2) is 8.78 Å². The lowest BCUT2D eigenvalue weighted by molar-refractivity contribution is 0.0470. The number of ether oxygens (including phenoxy) is 1. The summed E-state index contributed by atoms with van der Waals surface area (Å²) in [6.45, 7) is 6.91. The van der Waals surface area contributed by atoms with Crippen molar-refractivity contribution < 1.29 is 23.4 Å². The number of halogens is 2. The molecule has 5 nitrogen and oxygen atoms in total. The zero-order chi connectivity index (χ0) is 25.0. The number of likely N-dealkylation sites (tertiary alicyclic amines) is 2. The van der Waals surface area contributed by atoms with Crippen LogP contribution in [-0.4, -0.2) is 71.9 Å². The van der Waals surface area contributed by atoms with Crippen LogP contribution < -0.4 is 4.74 Å². The van der Waals surface area contributed by atoms with Gasteiger partial charge in [-0.3, -0.25) is 4.79 Å². The Morgan fingerprint density at radius 1 is 1.06 bits per heavy atom. The number of rotatable bonds is 7. The minimum absolute atomic E-state index is 0.0314. The van der Waals surface area contributed by atoms with Gasteiger partial charge in [0.05, 0.1) is 18.3 Å². The number of aliphatic hydroxyl groups is 1. The van der Waals surface area contributed by atoms with Crippen LogP contribution >= 0.6 is 0 Å². The Labute approximate surface area is 206 Å². The highest BCUT2D eigenvalue weighted by Gasteiger charge is 2.26. The van der Waals surface area contributed by atoms with Crippen LogP contribution in [0.25, 0.3) is 11.1 Å². The predicted molar refractivity (Wildman–Crippen MR) is 133 cm³/mol. The molecule has 2 aliphatic heterocycles. The van der Waals surface area contributed by atoms with Crippen LogP contribution in [0.2, 0.25) is 0 Å². The second kappa shape index (κ2) is 11.0. The van der Waals surface area contributed by atoms with Crippen molar-refractivity contribution in [3.05, 3.63) is 53.8 Å². The Bertz CT molecular complexity index is 998. The van der Waals surface area contributed by atoms with Crippen LogP contribution in [0.3, 0.4) is 0 Å². The van der Waals surface area contributed by atoms with Crippen LogP contribution in [0.1, 0.15) is 49.9 Å². The maximum atomic E-state index is 14.8. The molecule has 2 saturated heterocycles. The minimum Gasteiger partial charge on any atom is -0.493 e. The first-order valence-corrected chi connectivity index (χ1v) is 12.6. The molecule has 4 rings (SSSR count). The van der Waals surface area contributed by atoms with Gasteiger partial charge in [0.15, 0.2) is 0 Å². The number of piperidine rings is 2. The van der Waals surface area contributed by atoms with Crippen molar-refractivity contribution in [2.45, 2.75) is 51.3 Å². The smallest absolute Gasteiger partial charge is 0.256 e. The molecule has 2 aromatic carbocycles. The van der Waals surface area contributed by atoms with Crippen molar-refractivity contribution in [2.24, 2.45) is 5.92 Å². The molecule has 2 aromatic rings. The summed E-state index contributed by atoms with van der Waals surface area (Å²) in [5, 5.41) is 9.81. The molecule has 35 heavy (non-hydrogen) atoms. The predicted octanol–water partition coefficient (Wildman–Crippen LogP) is 4.93. The summed E-state index contributed by atoms with van der Waals surface area (Å²) in [6.07, 6.45) is 2.84. The molecular formula is C28H36F2N2O3. The molecule has 1 amide bonds. The van der Waals surface area contributed by atoms with Crippen LogP contribution in [0.5, 0.6) is 5.75 Å². The van der Waals surface area contributed by atoms with Gasteiger partial charge in [0.1, 0.15) is 17.2 Å². The zero-order valence-corrected chi connectivity index (χ0v) is 20.7. The second-order valence-corrected chi connectivity index (χ2v) is 10.5. The number of nitrogens with zero attached hydrogens (tertiary/aromatic N) is 2. The lowest BCUT2D eigenvalue weighted by Crippen LogP contribution is -2.42. The fraction of sp³-hybridized carbons (Fsp3) is 0.536. The van der Waals surface area contributed by atoms with Gasteiger partial charge >= 0.3 is 0 Å². The summed E-state index contributed by atoms with van der Waals surface area (Å²) in [6, 6.07) is 12.2. The molecule has 0 radical (unpaired) electrons. The SMILES string of the molecule is CC(C)(F)CN1CCC(COc2ccc(-c3ccc(C(=O)N4CCCC(O)C4)c(F)c3)cc2)CC1. The molecule has 1 atom stereocenters. The van der Waals surface area contributed by atoms with Crippen molar-refractivity contribution >= 4 is 5.91 Å². The standard InChI is InChI=1S/C28H36F2N2O3/c1-28(2,30)19-31-14-11-20(12-15-31)18-35-24-8-5-21(6-9-24)22-7-10-25(26(29)16-22)27(34)32-13-3-4-23(33)17-32/h5-10,16,20,23,33H,3-4,11-15,17-19H2,1-2H3. The van der Waals surface area contributed by atoms with Crippen LogP contribution in [0, 0.1) is 11.7 Å². The fourth-order valence-corrected chi connectivity index (χ4v) is 4.98. The Morgan fingerprint density at radius 2 is 1.74 bits per heavy atom. The van der Waals surface area contributed by atoms with Gasteiger partial charge in [-0.2, -0.15) is 0 Å². The molecule has 0 spiro atoms. The van der Waals surface area contributed by atoms with E-state index in [1.54, 1.807) is 19.9 Å². The molecule has 0 aromatic heterocycles. The van der Waals surface area contributed by atoms with Gasteiger partial charge in [0.2, 0.25) is 0 Å². The van der Waals surface area contributed by atoms with E-state index in [1.165, 1.54) is 17.0 Å². The molecule has 0 aliphatic carbocycles. The average molecular weight is 487 g/mol. The third-order valence-electron chi connectivity index (χ3n) is 6.86.